The third-order valence-electron chi connectivity index (χ3n) is 2.99. The molecule has 0 spiro atoms. The first kappa shape index (κ1) is 14.5. The molecule has 2 atom stereocenters. The normalized spacial score (nSPS) is 15.6. The van der Waals surface area contributed by atoms with Gasteiger partial charge < -0.3 is 10.4 Å². The lowest BCUT2D eigenvalue weighted by molar-refractivity contribution is 0.0609. The van der Waals surface area contributed by atoms with Gasteiger partial charge in [-0.3, -0.25) is 0 Å². The van der Waals surface area contributed by atoms with Gasteiger partial charge in [0.05, 0.1) is 6.10 Å². The van der Waals surface area contributed by atoms with Crippen LogP contribution < -0.4 is 5.32 Å². The van der Waals surface area contributed by atoms with E-state index >= 15 is 0 Å². The Morgan fingerprint density at radius 2 is 1.76 bits per heavy atom. The van der Waals surface area contributed by atoms with E-state index in [1.165, 1.54) is 5.56 Å². The Hall–Kier alpha value is -0.570. The lowest BCUT2D eigenvalue weighted by Gasteiger charge is -2.27. The van der Waals surface area contributed by atoms with E-state index in [1.807, 2.05) is 45.0 Å². The second-order valence-corrected chi connectivity index (χ2v) is 6.00. The van der Waals surface area contributed by atoms with Gasteiger partial charge in [-0.05, 0) is 30.0 Å². The summed E-state index contributed by atoms with van der Waals surface area (Å²) < 4.78 is 0. The highest BCUT2D eigenvalue weighted by Gasteiger charge is 2.22. The first-order valence-electron chi connectivity index (χ1n) is 5.97. The van der Waals surface area contributed by atoms with E-state index in [1.54, 1.807) is 0 Å². The average molecular weight is 256 g/mol. The Balaban J connectivity index is 2.50. The zero-order chi connectivity index (χ0) is 13.1. The fourth-order valence-corrected chi connectivity index (χ4v) is 1.59. The van der Waals surface area contributed by atoms with E-state index in [2.05, 4.69) is 12.2 Å². The molecule has 2 nitrogen and oxygen atoms in total. The Morgan fingerprint density at radius 3 is 2.24 bits per heavy atom. The van der Waals surface area contributed by atoms with Gasteiger partial charge >= 0.3 is 0 Å². The highest BCUT2D eigenvalue weighted by molar-refractivity contribution is 6.30. The van der Waals surface area contributed by atoms with E-state index in [9.17, 15) is 5.11 Å². The predicted molar refractivity (Wildman–Crippen MR) is 73.3 cm³/mol. The van der Waals surface area contributed by atoms with Crippen molar-refractivity contribution in [3.8, 4) is 0 Å². The molecule has 0 heterocycles. The van der Waals surface area contributed by atoms with Gasteiger partial charge in [0.15, 0.2) is 0 Å². The van der Waals surface area contributed by atoms with E-state index in [-0.39, 0.29) is 17.6 Å². The minimum atomic E-state index is -0.350. The number of hydrogen-bond donors (Lipinski definition) is 2. The van der Waals surface area contributed by atoms with E-state index < -0.39 is 0 Å². The molecule has 0 bridgehead atoms. The van der Waals surface area contributed by atoms with Crippen LogP contribution in [0.1, 0.15) is 39.3 Å². The molecule has 0 saturated heterocycles. The van der Waals surface area contributed by atoms with Crippen LogP contribution in [-0.4, -0.2) is 17.8 Å². The maximum absolute atomic E-state index is 9.94. The monoisotopic (exact) mass is 255 g/mol. The maximum Gasteiger partial charge on any atom is 0.0712 e. The molecule has 2 unspecified atom stereocenters. The van der Waals surface area contributed by atoms with Crippen molar-refractivity contribution < 1.29 is 5.11 Å². The summed E-state index contributed by atoms with van der Waals surface area (Å²) in [5, 5.41) is 14.0. The number of rotatable bonds is 4. The summed E-state index contributed by atoms with van der Waals surface area (Å²) in [5.74, 6) is 0. The number of benzene rings is 1. The zero-order valence-electron chi connectivity index (χ0n) is 11.0. The van der Waals surface area contributed by atoms with Gasteiger partial charge in [0, 0.05) is 17.6 Å². The average Bonchev–Trinajstić information content (AvgIpc) is 2.25. The lowest BCUT2D eigenvalue weighted by Crippen LogP contribution is -2.37. The Bertz CT molecular complexity index is 342. The van der Waals surface area contributed by atoms with Gasteiger partial charge in [-0.1, -0.05) is 44.5 Å². The van der Waals surface area contributed by atoms with E-state index in [0.717, 1.165) is 5.02 Å². The van der Waals surface area contributed by atoms with Crippen LogP contribution in [0.2, 0.25) is 5.02 Å². The summed E-state index contributed by atoms with van der Waals surface area (Å²) in [4.78, 5) is 0. The molecule has 0 saturated carbocycles. The van der Waals surface area contributed by atoms with Crippen LogP contribution in [-0.2, 0) is 0 Å². The van der Waals surface area contributed by atoms with Crippen molar-refractivity contribution in [2.45, 2.75) is 39.8 Å². The van der Waals surface area contributed by atoms with Crippen molar-refractivity contribution in [1.82, 2.24) is 5.32 Å². The molecule has 3 heteroatoms. The molecule has 96 valence electrons. The first-order valence-corrected chi connectivity index (χ1v) is 6.35. The number of halogens is 1. The van der Waals surface area contributed by atoms with Crippen LogP contribution in [0.25, 0.3) is 0 Å². The summed E-state index contributed by atoms with van der Waals surface area (Å²) in [6.07, 6.45) is -0.350. The van der Waals surface area contributed by atoms with Crippen molar-refractivity contribution in [3.05, 3.63) is 34.9 Å². The highest BCUT2D eigenvalue weighted by Crippen LogP contribution is 2.20. The van der Waals surface area contributed by atoms with E-state index in [4.69, 9.17) is 11.6 Å². The van der Waals surface area contributed by atoms with Crippen LogP contribution in [0.3, 0.4) is 0 Å². The van der Waals surface area contributed by atoms with Gasteiger partial charge in [0.2, 0.25) is 0 Å². The molecule has 0 fully saturated rings. The fraction of sp³-hybridized carbons (Fsp3) is 0.571. The predicted octanol–water partition coefficient (Wildman–Crippen LogP) is 3.40. The zero-order valence-corrected chi connectivity index (χ0v) is 11.8. The molecule has 1 aromatic rings. The van der Waals surface area contributed by atoms with Gasteiger partial charge in [-0.2, -0.15) is 0 Å². The van der Waals surface area contributed by atoms with Crippen molar-refractivity contribution in [2.24, 2.45) is 5.41 Å². The SMILES string of the molecule is CC(NCC(O)C(C)(C)C)c1ccc(Cl)cc1. The lowest BCUT2D eigenvalue weighted by atomic mass is 9.89. The first-order chi connectivity index (χ1) is 7.80. The van der Waals surface area contributed by atoms with Gasteiger partial charge in [-0.25, -0.2) is 0 Å². The molecule has 1 rings (SSSR count). The largest absolute Gasteiger partial charge is 0.391 e. The molecule has 0 aromatic heterocycles. The minimum Gasteiger partial charge on any atom is -0.391 e. The smallest absolute Gasteiger partial charge is 0.0712 e. The van der Waals surface area contributed by atoms with Crippen molar-refractivity contribution in [3.63, 3.8) is 0 Å². The van der Waals surface area contributed by atoms with Crippen LogP contribution >= 0.6 is 11.6 Å². The van der Waals surface area contributed by atoms with Crippen LogP contribution in [0.4, 0.5) is 0 Å². The van der Waals surface area contributed by atoms with Crippen molar-refractivity contribution in [2.75, 3.05) is 6.54 Å². The second kappa shape index (κ2) is 5.85. The van der Waals surface area contributed by atoms with Crippen molar-refractivity contribution in [1.29, 1.82) is 0 Å². The molecule has 0 amide bonds. The summed E-state index contributed by atoms with van der Waals surface area (Å²) in [6, 6.07) is 7.99. The minimum absolute atomic E-state index is 0.0906. The molecule has 0 aliphatic carbocycles. The molecule has 2 N–H and O–H groups in total. The van der Waals surface area contributed by atoms with Crippen molar-refractivity contribution >= 4 is 11.6 Å². The number of aliphatic hydroxyl groups excluding tert-OH is 1. The standard InChI is InChI=1S/C14H22ClNO/c1-10(11-5-7-12(15)8-6-11)16-9-13(17)14(2,3)4/h5-8,10,13,16-17H,9H2,1-4H3. The number of aliphatic hydroxyl groups is 1. The fourth-order valence-electron chi connectivity index (χ4n) is 1.46. The molecule has 0 aliphatic rings. The summed E-state index contributed by atoms with van der Waals surface area (Å²) >= 11 is 5.84. The molecular weight excluding hydrogens is 234 g/mol. The van der Waals surface area contributed by atoms with Gasteiger partial charge in [0.1, 0.15) is 0 Å². The van der Waals surface area contributed by atoms with Crippen LogP contribution in [0.15, 0.2) is 24.3 Å². The van der Waals surface area contributed by atoms with Gasteiger partial charge in [0.25, 0.3) is 0 Å². The molecule has 17 heavy (non-hydrogen) atoms. The Labute approximate surface area is 109 Å². The van der Waals surface area contributed by atoms with E-state index in [0.29, 0.717) is 6.54 Å². The quantitative estimate of drug-likeness (QED) is 0.864. The number of hydrogen-bond acceptors (Lipinski definition) is 2. The van der Waals surface area contributed by atoms with Crippen LogP contribution in [0.5, 0.6) is 0 Å². The van der Waals surface area contributed by atoms with Gasteiger partial charge in [-0.15, -0.1) is 0 Å². The molecule has 0 aliphatic heterocycles. The molecular formula is C14H22ClNO. The third-order valence-corrected chi connectivity index (χ3v) is 3.24. The summed E-state index contributed by atoms with van der Waals surface area (Å²) in [7, 11) is 0. The van der Waals surface area contributed by atoms with Crippen LogP contribution in [0, 0.1) is 5.41 Å². The molecule has 1 aromatic carbocycles. The highest BCUT2D eigenvalue weighted by atomic mass is 35.5. The third kappa shape index (κ3) is 4.66. The second-order valence-electron chi connectivity index (χ2n) is 5.56. The maximum atomic E-state index is 9.94. The Kier molecular flexibility index (Phi) is 4.99. The summed E-state index contributed by atoms with van der Waals surface area (Å²) in [5.41, 5.74) is 1.09. The number of nitrogens with one attached hydrogen (secondary N) is 1. The Morgan fingerprint density at radius 1 is 1.24 bits per heavy atom. The topological polar surface area (TPSA) is 32.3 Å². The molecule has 0 radical (unpaired) electrons. The summed E-state index contributed by atoms with van der Waals surface area (Å²) in [6.45, 7) is 8.77.